The van der Waals surface area contributed by atoms with Gasteiger partial charge in [0.2, 0.25) is 0 Å². The SMILES string of the molecule is N[C@@H]1[C@H](Cc2cccc(-c3cccc(F)c3)c2F)N(C(=O)[C@H]2CCCO2)CC1(F)F. The number of halogens is 4. The maximum absolute atomic E-state index is 15.2. The molecule has 2 aliphatic rings. The zero-order valence-corrected chi connectivity index (χ0v) is 16.2. The molecule has 0 unspecified atom stereocenters. The fourth-order valence-corrected chi connectivity index (χ4v) is 4.20. The van der Waals surface area contributed by atoms with E-state index in [1.807, 2.05) is 0 Å². The normalized spacial score (nSPS) is 25.6. The van der Waals surface area contributed by atoms with Crippen molar-refractivity contribution in [2.45, 2.75) is 43.4 Å². The van der Waals surface area contributed by atoms with Crippen molar-refractivity contribution in [1.29, 1.82) is 0 Å². The molecule has 0 bridgehead atoms. The number of hydrogen-bond acceptors (Lipinski definition) is 3. The molecule has 2 aliphatic heterocycles. The number of nitrogens with zero attached hydrogens (tertiary/aromatic N) is 1. The van der Waals surface area contributed by atoms with Gasteiger partial charge in [0.05, 0.1) is 18.6 Å². The first-order chi connectivity index (χ1) is 14.3. The number of carbonyl (C=O) groups is 1. The number of benzene rings is 2. The minimum Gasteiger partial charge on any atom is -0.368 e. The molecule has 1 amide bonds. The van der Waals surface area contributed by atoms with Gasteiger partial charge in [-0.25, -0.2) is 17.6 Å². The summed E-state index contributed by atoms with van der Waals surface area (Å²) in [5.74, 6) is -4.97. The van der Waals surface area contributed by atoms with Crippen molar-refractivity contribution in [3.63, 3.8) is 0 Å². The summed E-state index contributed by atoms with van der Waals surface area (Å²) in [6.07, 6.45) is 0.204. The number of nitrogens with two attached hydrogens (primary N) is 1. The van der Waals surface area contributed by atoms with Gasteiger partial charge in [-0.3, -0.25) is 4.79 Å². The maximum atomic E-state index is 15.2. The smallest absolute Gasteiger partial charge is 0.282 e. The Hall–Kier alpha value is -2.45. The van der Waals surface area contributed by atoms with Crippen molar-refractivity contribution in [1.82, 2.24) is 4.90 Å². The largest absolute Gasteiger partial charge is 0.368 e. The van der Waals surface area contributed by atoms with E-state index >= 15 is 4.39 Å². The van der Waals surface area contributed by atoms with Crippen LogP contribution in [0.15, 0.2) is 42.5 Å². The van der Waals surface area contributed by atoms with E-state index in [-0.39, 0.29) is 17.5 Å². The van der Waals surface area contributed by atoms with Crippen molar-refractivity contribution in [2.24, 2.45) is 5.73 Å². The molecule has 0 saturated carbocycles. The summed E-state index contributed by atoms with van der Waals surface area (Å²) in [7, 11) is 0. The van der Waals surface area contributed by atoms with Gasteiger partial charge in [-0.1, -0.05) is 30.3 Å². The highest BCUT2D eigenvalue weighted by Gasteiger charge is 2.55. The number of rotatable bonds is 4. The van der Waals surface area contributed by atoms with Crippen LogP contribution in [0.2, 0.25) is 0 Å². The molecule has 0 spiro atoms. The molecule has 2 N–H and O–H groups in total. The summed E-state index contributed by atoms with van der Waals surface area (Å²) < 4.78 is 62.9. The molecule has 2 aromatic carbocycles. The fraction of sp³-hybridized carbons (Fsp3) is 0.409. The third kappa shape index (κ3) is 3.81. The Balaban J connectivity index is 1.64. The Labute approximate surface area is 171 Å². The highest BCUT2D eigenvalue weighted by Crippen LogP contribution is 2.35. The van der Waals surface area contributed by atoms with Gasteiger partial charge < -0.3 is 15.4 Å². The summed E-state index contributed by atoms with van der Waals surface area (Å²) >= 11 is 0. The van der Waals surface area contributed by atoms with Crippen LogP contribution in [-0.4, -0.2) is 48.1 Å². The highest BCUT2D eigenvalue weighted by atomic mass is 19.3. The zero-order chi connectivity index (χ0) is 21.5. The van der Waals surface area contributed by atoms with Gasteiger partial charge in [0, 0.05) is 12.2 Å². The monoisotopic (exact) mass is 422 g/mol. The highest BCUT2D eigenvalue weighted by molar-refractivity contribution is 5.82. The van der Waals surface area contributed by atoms with Crippen LogP contribution in [0.5, 0.6) is 0 Å². The second-order valence-electron chi connectivity index (χ2n) is 7.82. The molecule has 3 atom stereocenters. The minimum atomic E-state index is -3.28. The average molecular weight is 422 g/mol. The lowest BCUT2D eigenvalue weighted by Gasteiger charge is -2.28. The first-order valence-corrected chi connectivity index (χ1v) is 9.87. The van der Waals surface area contributed by atoms with Crippen LogP contribution >= 0.6 is 0 Å². The van der Waals surface area contributed by atoms with Gasteiger partial charge in [-0.05, 0) is 42.5 Å². The van der Waals surface area contributed by atoms with Gasteiger partial charge in [-0.15, -0.1) is 0 Å². The minimum absolute atomic E-state index is 0.139. The van der Waals surface area contributed by atoms with E-state index in [9.17, 15) is 18.0 Å². The predicted octanol–water partition coefficient (Wildman–Crippen LogP) is 3.53. The van der Waals surface area contributed by atoms with Crippen molar-refractivity contribution in [3.05, 3.63) is 59.7 Å². The van der Waals surface area contributed by atoms with E-state index < -0.39 is 48.2 Å². The van der Waals surface area contributed by atoms with Gasteiger partial charge in [0.25, 0.3) is 11.8 Å². The zero-order valence-electron chi connectivity index (χ0n) is 16.2. The number of amides is 1. The molecule has 2 saturated heterocycles. The molecule has 8 heteroatoms. The standard InChI is InChI=1S/C22H22F4N2O2/c23-15-6-1-4-13(10-15)16-7-2-5-14(19(16)24)11-17-20(27)22(25,26)12-28(17)21(29)18-8-3-9-30-18/h1-2,4-7,10,17-18,20H,3,8-9,11-12,27H2/t17-,18+,20+/m0/s1. The van der Waals surface area contributed by atoms with Gasteiger partial charge in [0.15, 0.2) is 0 Å². The number of hydrogen-bond donors (Lipinski definition) is 1. The Bertz CT molecular complexity index is 946. The van der Waals surface area contributed by atoms with Crippen LogP contribution in [0.25, 0.3) is 11.1 Å². The Morgan fingerprint density at radius 3 is 2.67 bits per heavy atom. The predicted molar refractivity (Wildman–Crippen MR) is 103 cm³/mol. The molecule has 0 aromatic heterocycles. The van der Waals surface area contributed by atoms with Crippen molar-refractivity contribution < 1.29 is 27.1 Å². The first-order valence-electron chi connectivity index (χ1n) is 9.87. The molecule has 4 nitrogen and oxygen atoms in total. The van der Waals surface area contributed by atoms with E-state index in [1.165, 1.54) is 30.3 Å². The molecular weight excluding hydrogens is 400 g/mol. The summed E-state index contributed by atoms with van der Waals surface area (Å²) in [5, 5.41) is 0. The summed E-state index contributed by atoms with van der Waals surface area (Å²) in [6, 6.07) is 7.31. The third-order valence-electron chi connectivity index (χ3n) is 5.82. The van der Waals surface area contributed by atoms with Crippen molar-refractivity contribution in [3.8, 4) is 11.1 Å². The lowest BCUT2D eigenvalue weighted by Crippen LogP contribution is -2.49. The quantitative estimate of drug-likeness (QED) is 0.767. The number of ether oxygens (including phenoxy) is 1. The van der Waals surface area contributed by atoms with Gasteiger partial charge in [-0.2, -0.15) is 0 Å². The van der Waals surface area contributed by atoms with Crippen LogP contribution in [0.1, 0.15) is 18.4 Å². The number of likely N-dealkylation sites (tertiary alicyclic amines) is 1. The number of alkyl halides is 2. The van der Waals surface area contributed by atoms with Crippen LogP contribution < -0.4 is 5.73 Å². The summed E-state index contributed by atoms with van der Waals surface area (Å²) in [5.41, 5.74) is 6.42. The fourth-order valence-electron chi connectivity index (χ4n) is 4.20. The summed E-state index contributed by atoms with van der Waals surface area (Å²) in [6.45, 7) is -0.412. The van der Waals surface area contributed by atoms with Gasteiger partial charge >= 0.3 is 0 Å². The lowest BCUT2D eigenvalue weighted by molar-refractivity contribution is -0.143. The maximum Gasteiger partial charge on any atom is 0.282 e. The van der Waals surface area contributed by atoms with E-state index in [0.29, 0.717) is 25.0 Å². The van der Waals surface area contributed by atoms with E-state index in [1.54, 1.807) is 12.1 Å². The number of carbonyl (C=O) groups excluding carboxylic acids is 1. The Kier molecular flexibility index (Phi) is 5.55. The topological polar surface area (TPSA) is 55.6 Å². The molecule has 2 aromatic rings. The molecule has 160 valence electrons. The van der Waals surface area contributed by atoms with Crippen LogP contribution in [0.3, 0.4) is 0 Å². The molecule has 4 rings (SSSR count). The molecule has 0 aliphatic carbocycles. The molecule has 2 fully saturated rings. The van der Waals surface area contributed by atoms with Crippen LogP contribution in [0, 0.1) is 11.6 Å². The van der Waals surface area contributed by atoms with Crippen LogP contribution in [-0.2, 0) is 16.0 Å². The lowest BCUT2D eigenvalue weighted by atomic mass is 9.95. The van der Waals surface area contributed by atoms with Crippen molar-refractivity contribution in [2.75, 3.05) is 13.2 Å². The van der Waals surface area contributed by atoms with E-state index in [4.69, 9.17) is 10.5 Å². The van der Waals surface area contributed by atoms with Crippen molar-refractivity contribution >= 4 is 5.91 Å². The Morgan fingerprint density at radius 2 is 1.97 bits per heavy atom. The Morgan fingerprint density at radius 1 is 1.20 bits per heavy atom. The molecule has 30 heavy (non-hydrogen) atoms. The molecular formula is C22H22F4N2O2. The summed E-state index contributed by atoms with van der Waals surface area (Å²) in [4.78, 5) is 13.8. The third-order valence-corrected chi connectivity index (χ3v) is 5.82. The second kappa shape index (κ2) is 8.00. The van der Waals surface area contributed by atoms with Gasteiger partial charge in [0.1, 0.15) is 17.7 Å². The average Bonchev–Trinajstić information content (AvgIpc) is 3.32. The van der Waals surface area contributed by atoms with E-state index in [2.05, 4.69) is 0 Å². The van der Waals surface area contributed by atoms with Crippen LogP contribution in [0.4, 0.5) is 17.6 Å². The molecule has 2 heterocycles. The molecule has 0 radical (unpaired) electrons. The second-order valence-corrected chi connectivity index (χ2v) is 7.82. The first kappa shape index (κ1) is 20.8. The van der Waals surface area contributed by atoms with E-state index in [0.717, 1.165) is 4.90 Å².